The number of aromatic nitrogens is 1. The topological polar surface area (TPSA) is 35.8 Å². The van der Waals surface area contributed by atoms with Crippen molar-refractivity contribution in [3.8, 4) is 22.4 Å². The molecule has 0 amide bonds. The third-order valence-corrected chi connectivity index (χ3v) is 9.80. The van der Waals surface area contributed by atoms with Crippen LogP contribution in [-0.4, -0.2) is 56.3 Å². The molecule has 290 valence electrons. The lowest BCUT2D eigenvalue weighted by molar-refractivity contribution is 0.0997. The molecule has 2 unspecified atom stereocenters. The van der Waals surface area contributed by atoms with E-state index in [1.54, 1.807) is 4.48 Å². The van der Waals surface area contributed by atoms with Gasteiger partial charge in [-0.1, -0.05) is 151 Å². The average Bonchev–Trinajstić information content (AvgIpc) is 3.80. The molecule has 4 aromatic carbocycles. The van der Waals surface area contributed by atoms with E-state index < -0.39 is 46.2 Å². The Hall–Kier alpha value is -4.99. The quantitative estimate of drug-likeness (QED) is 0.0835. The second-order valence-corrected chi connectivity index (χ2v) is 16.1. The van der Waals surface area contributed by atoms with Gasteiger partial charge in [0.2, 0.25) is 0 Å². The van der Waals surface area contributed by atoms with Crippen molar-refractivity contribution < 1.29 is 26.9 Å². The molecule has 0 saturated heterocycles. The van der Waals surface area contributed by atoms with Gasteiger partial charge < -0.3 is 13.8 Å². The molecule has 0 bridgehead atoms. The van der Waals surface area contributed by atoms with E-state index in [0.29, 0.717) is 17.1 Å². The Kier molecular flexibility index (Phi) is 12.7. The largest absolute Gasteiger partial charge is 0.598 e. The van der Waals surface area contributed by atoms with Crippen LogP contribution < -0.4 is 0 Å². The number of hydrogen-bond acceptors (Lipinski definition) is 3. The smallest absolute Gasteiger partial charge is 0.388 e. The molecule has 1 aliphatic rings. The van der Waals surface area contributed by atoms with E-state index in [-0.39, 0.29) is 10.8 Å². The first-order chi connectivity index (χ1) is 26.8. The first kappa shape index (κ1) is 40.7. The van der Waals surface area contributed by atoms with E-state index in [1.165, 1.54) is 11.1 Å². The summed E-state index contributed by atoms with van der Waals surface area (Å²) in [6.07, 6.45) is 0.101. The van der Waals surface area contributed by atoms with Crippen LogP contribution in [-0.2, 0) is 20.1 Å². The summed E-state index contributed by atoms with van der Waals surface area (Å²) in [6.45, 7) is 9.15. The van der Waals surface area contributed by atoms with Crippen LogP contribution in [0.25, 0.3) is 34.0 Å². The fourth-order valence-corrected chi connectivity index (χ4v) is 6.60. The molecule has 5 aromatic rings. The van der Waals surface area contributed by atoms with Crippen molar-refractivity contribution in [2.75, 3.05) is 26.6 Å². The molecular formula is C47H49BF4N2O2. The average molecular weight is 761 g/mol. The summed E-state index contributed by atoms with van der Waals surface area (Å²) in [7, 11) is -1.46. The number of aliphatic imine (C=N–C) groups is 1. The lowest BCUT2D eigenvalue weighted by Gasteiger charge is -2.22. The summed E-state index contributed by atoms with van der Waals surface area (Å²) in [6, 6.07) is 38.0. The summed E-state index contributed by atoms with van der Waals surface area (Å²) in [4.78, 5) is 5.24. The molecule has 1 aliphatic heterocycles. The van der Waals surface area contributed by atoms with Crippen LogP contribution in [0.3, 0.4) is 0 Å². The summed E-state index contributed by atoms with van der Waals surface area (Å²) < 4.78 is 69.4. The van der Waals surface area contributed by atoms with Crippen LogP contribution in [0.2, 0.25) is 0 Å². The molecule has 0 spiro atoms. The fraction of sp³-hybridized carbons (Fsp3) is 0.298. The maximum Gasteiger partial charge on any atom is 0.598 e. The number of allylic oxidation sites excluding steroid dienone is 2. The maximum absolute atomic E-state index is 14.5. The Labute approximate surface area is 328 Å². The van der Waals surface area contributed by atoms with Crippen LogP contribution in [0.15, 0.2) is 132 Å². The highest BCUT2D eigenvalue weighted by Gasteiger charge is 2.33. The molecule has 2 heterocycles. The van der Waals surface area contributed by atoms with E-state index in [1.807, 2.05) is 72.8 Å². The minimum Gasteiger partial charge on any atom is -0.388 e. The Morgan fingerprint density at radius 2 is 1.12 bits per heavy atom. The molecule has 6 rings (SSSR count). The van der Waals surface area contributed by atoms with Gasteiger partial charge in [-0.15, -0.1) is 0 Å². The Morgan fingerprint density at radius 3 is 1.61 bits per heavy atom. The SMILES string of the molecule is CC(C)(C)c1ccc(C2=CC(c3ccc(C(C)(C)C)cc3)=N/C2=C\c2c(-c3ccccc3)cc(-c3ccccc3)n2B(OCC(F)CF)OCC(F)CF)cc1. The fourth-order valence-electron chi connectivity index (χ4n) is 6.60. The van der Waals surface area contributed by atoms with Crippen LogP contribution in [0.1, 0.15) is 69.5 Å². The zero-order valence-electron chi connectivity index (χ0n) is 32.9. The van der Waals surface area contributed by atoms with Crippen LogP contribution in [0.4, 0.5) is 17.6 Å². The van der Waals surface area contributed by atoms with Gasteiger partial charge in [-0.3, -0.25) is 0 Å². The van der Waals surface area contributed by atoms with Crippen LogP contribution in [0, 0.1) is 0 Å². The van der Waals surface area contributed by atoms with E-state index in [2.05, 4.69) is 96.1 Å². The van der Waals surface area contributed by atoms with Crippen molar-refractivity contribution in [3.05, 3.63) is 155 Å². The molecule has 0 N–H and O–H groups in total. The highest BCUT2D eigenvalue weighted by Crippen LogP contribution is 2.39. The Balaban J connectivity index is 1.61. The van der Waals surface area contributed by atoms with E-state index in [4.69, 9.17) is 14.3 Å². The molecular weight excluding hydrogens is 711 g/mol. The van der Waals surface area contributed by atoms with Crippen molar-refractivity contribution in [2.45, 2.75) is 64.7 Å². The number of halogens is 4. The van der Waals surface area contributed by atoms with Crippen LogP contribution >= 0.6 is 0 Å². The normalized spacial score (nSPS) is 15.1. The zero-order valence-corrected chi connectivity index (χ0v) is 32.9. The van der Waals surface area contributed by atoms with Crippen molar-refractivity contribution in [3.63, 3.8) is 0 Å². The number of rotatable bonds is 14. The zero-order chi connectivity index (χ0) is 40.0. The minimum atomic E-state index is -1.95. The van der Waals surface area contributed by atoms with Crippen LogP contribution in [0.5, 0.6) is 0 Å². The number of nitrogens with zero attached hydrogens (tertiary/aromatic N) is 2. The minimum absolute atomic E-state index is 0.0218. The summed E-state index contributed by atoms with van der Waals surface area (Å²) in [5, 5.41) is 0. The van der Waals surface area contributed by atoms with E-state index in [9.17, 15) is 17.6 Å². The number of benzene rings is 4. The van der Waals surface area contributed by atoms with Gasteiger partial charge in [0.15, 0.2) is 0 Å². The van der Waals surface area contributed by atoms with E-state index in [0.717, 1.165) is 39.1 Å². The third-order valence-electron chi connectivity index (χ3n) is 9.80. The van der Waals surface area contributed by atoms with Crippen molar-refractivity contribution in [2.24, 2.45) is 4.99 Å². The maximum atomic E-state index is 14.5. The standard InChI is InChI=1S/C47H49BF4N2O2/c1-46(2,3)36-21-17-33(18-22-36)40-25-42(34-19-23-37(24-20-34)47(4,5)6)53-43(40)27-45-41(32-13-9-7-10-14-32)26-44(35-15-11-8-12-16-35)54(45)48(55-30-38(51)28-49)56-31-39(52)29-50/h7-27,38-39H,28-31H2,1-6H3/b43-27-. The van der Waals surface area contributed by atoms with Crippen molar-refractivity contribution in [1.29, 1.82) is 0 Å². The summed E-state index contributed by atoms with van der Waals surface area (Å²) in [5.74, 6) is 0. The first-order valence-electron chi connectivity index (χ1n) is 19.0. The van der Waals surface area contributed by atoms with Gasteiger partial charge >= 0.3 is 7.25 Å². The molecule has 56 heavy (non-hydrogen) atoms. The highest BCUT2D eigenvalue weighted by molar-refractivity contribution is 6.44. The van der Waals surface area contributed by atoms with Crippen molar-refractivity contribution >= 4 is 24.6 Å². The van der Waals surface area contributed by atoms with Gasteiger partial charge in [0.1, 0.15) is 25.7 Å². The van der Waals surface area contributed by atoms with E-state index >= 15 is 0 Å². The van der Waals surface area contributed by atoms with Gasteiger partial charge in [0, 0.05) is 28.1 Å². The monoisotopic (exact) mass is 760 g/mol. The summed E-state index contributed by atoms with van der Waals surface area (Å²) >= 11 is 0. The highest BCUT2D eigenvalue weighted by atomic mass is 19.2. The molecule has 2 atom stereocenters. The lowest BCUT2D eigenvalue weighted by atomic mass is 9.86. The molecule has 0 fully saturated rings. The second kappa shape index (κ2) is 17.4. The first-order valence-corrected chi connectivity index (χ1v) is 19.0. The van der Waals surface area contributed by atoms with Gasteiger partial charge in [-0.2, -0.15) is 0 Å². The van der Waals surface area contributed by atoms with Gasteiger partial charge in [-0.05, 0) is 56.9 Å². The second-order valence-electron chi connectivity index (χ2n) is 16.1. The molecule has 0 saturated carbocycles. The lowest BCUT2D eigenvalue weighted by Crippen LogP contribution is -2.38. The number of alkyl halides is 4. The summed E-state index contributed by atoms with van der Waals surface area (Å²) in [5.41, 5.74) is 10.0. The van der Waals surface area contributed by atoms with Gasteiger partial charge in [0.05, 0.1) is 24.6 Å². The molecule has 0 radical (unpaired) electrons. The molecule has 1 aromatic heterocycles. The molecule has 4 nitrogen and oxygen atoms in total. The Morgan fingerprint density at radius 1 is 0.643 bits per heavy atom. The van der Waals surface area contributed by atoms with Gasteiger partial charge in [-0.25, -0.2) is 22.6 Å². The van der Waals surface area contributed by atoms with Crippen molar-refractivity contribution in [1.82, 2.24) is 4.48 Å². The predicted molar refractivity (Wildman–Crippen MR) is 223 cm³/mol. The predicted octanol–water partition coefficient (Wildman–Crippen LogP) is 11.8. The van der Waals surface area contributed by atoms with Gasteiger partial charge in [0.25, 0.3) is 0 Å². The number of hydrogen-bond donors (Lipinski definition) is 0. The third kappa shape index (κ3) is 9.51. The Bertz CT molecular complexity index is 2150. The molecule has 9 heteroatoms. The molecule has 0 aliphatic carbocycles.